The molecule has 0 spiro atoms. The molecule has 4 rings (SSSR count). The van der Waals surface area contributed by atoms with E-state index in [2.05, 4.69) is 42.4 Å². The van der Waals surface area contributed by atoms with Crippen molar-refractivity contribution >= 4 is 23.8 Å². The number of nitrogens with zero attached hydrogens (tertiary/aromatic N) is 7. The standard InChI is InChI=1S/C96H174N8O4/c1-7-11-15-19-23-27-31-35-39-43-47-51-55-59-63-67-77-102(78-68-64-60-56-52-48-44-40-36-32-28-24-20-16-12-8-2)94-98-95(100-96(99-94)104-83-81-101(82-84-104)92(105)86-108-88-73-71-87(72-74-88)93(97)90-76-75-89(106-5)85-91(90)107-6)103(79-69-65-61-57-53-49-45-41-37-33-29-25-21-17-13-9-3)80-70-66-62-58-54-50-46-42-38-34-30-26-22-18-14-10-4/h71-76,85,93H,7-70,77-84,86,97H2,1-6H3. The summed E-state index contributed by atoms with van der Waals surface area (Å²) in [5.74, 6) is 4.52. The van der Waals surface area contributed by atoms with Crippen LogP contribution >= 0.6 is 0 Å². The van der Waals surface area contributed by atoms with E-state index in [0.717, 1.165) is 80.8 Å². The third-order valence-electron chi connectivity index (χ3n) is 23.6. The highest BCUT2D eigenvalue weighted by Gasteiger charge is 2.27. The van der Waals surface area contributed by atoms with Crippen LogP contribution in [-0.4, -0.2) is 98.9 Å². The molecule has 0 bridgehead atoms. The first-order chi connectivity index (χ1) is 53.3. The first kappa shape index (κ1) is 96.1. The molecule has 1 fully saturated rings. The average Bonchev–Trinajstić information content (AvgIpc) is 0.808. The lowest BCUT2D eigenvalue weighted by Gasteiger charge is -2.35. The maximum Gasteiger partial charge on any atom is 0.260 e. The Balaban J connectivity index is 1.48. The summed E-state index contributed by atoms with van der Waals surface area (Å²) in [6.45, 7) is 15.6. The van der Waals surface area contributed by atoms with Crippen LogP contribution in [0, 0.1) is 0 Å². The molecule has 2 heterocycles. The molecule has 12 heteroatoms. The van der Waals surface area contributed by atoms with Crippen LogP contribution < -0.4 is 34.6 Å². The number of benzene rings is 2. The van der Waals surface area contributed by atoms with Crippen molar-refractivity contribution in [1.82, 2.24) is 19.9 Å². The summed E-state index contributed by atoms with van der Waals surface area (Å²) in [6, 6.07) is 13.1. The summed E-state index contributed by atoms with van der Waals surface area (Å²) < 4.78 is 17.3. The topological polar surface area (TPSA) is 122 Å². The van der Waals surface area contributed by atoms with Gasteiger partial charge in [-0.3, -0.25) is 4.79 Å². The van der Waals surface area contributed by atoms with Gasteiger partial charge in [0.05, 0.1) is 20.3 Å². The number of rotatable bonds is 78. The van der Waals surface area contributed by atoms with Gasteiger partial charge in [0.1, 0.15) is 17.2 Å². The SMILES string of the molecule is CCCCCCCCCCCCCCCCCCN(CCCCCCCCCCCCCCCCCC)c1nc(N(CCCCCCCCCCCCCCCCCC)CCCCCCCCCCCCCCCCCC)nc(N2CCN(C(=O)COc3ccc(C(N)c4ccc(OC)cc4OC)cc3)CC2)n1. The smallest absolute Gasteiger partial charge is 0.260 e. The fraction of sp³-hybridized carbons (Fsp3) is 0.833. The largest absolute Gasteiger partial charge is 0.497 e. The molecule has 2 N–H and O–H groups in total. The van der Waals surface area contributed by atoms with Crippen molar-refractivity contribution in [3.8, 4) is 17.2 Å². The Morgan fingerprint density at radius 1 is 0.352 bits per heavy atom. The number of piperazine rings is 1. The molecule has 622 valence electrons. The number of hydrogen-bond acceptors (Lipinski definition) is 11. The minimum absolute atomic E-state index is 0.0111. The summed E-state index contributed by atoms with van der Waals surface area (Å²) in [7, 11) is 3.30. The van der Waals surface area contributed by atoms with Crippen molar-refractivity contribution in [2.75, 3.05) is 87.9 Å². The fourth-order valence-electron chi connectivity index (χ4n) is 16.2. The zero-order valence-corrected chi connectivity index (χ0v) is 72.1. The summed E-state index contributed by atoms with van der Waals surface area (Å²) in [6.07, 6.45) is 87.8. The van der Waals surface area contributed by atoms with E-state index in [4.69, 9.17) is 34.9 Å². The molecule has 12 nitrogen and oxygen atoms in total. The molecule has 0 radical (unpaired) electrons. The maximum absolute atomic E-state index is 14.0. The van der Waals surface area contributed by atoms with Crippen LogP contribution in [-0.2, 0) is 4.79 Å². The van der Waals surface area contributed by atoms with Gasteiger partial charge in [0.25, 0.3) is 5.91 Å². The molecule has 108 heavy (non-hydrogen) atoms. The van der Waals surface area contributed by atoms with Crippen molar-refractivity contribution in [3.05, 3.63) is 53.6 Å². The molecular weight excluding hydrogens is 1330 g/mol. The van der Waals surface area contributed by atoms with Crippen molar-refractivity contribution in [2.24, 2.45) is 5.73 Å². The molecule has 1 unspecified atom stereocenters. The van der Waals surface area contributed by atoms with Gasteiger partial charge in [0, 0.05) is 64.0 Å². The molecule has 1 saturated heterocycles. The Kier molecular flexibility index (Phi) is 61.7. The number of unbranched alkanes of at least 4 members (excludes halogenated alkanes) is 60. The number of ether oxygens (including phenoxy) is 3. The minimum Gasteiger partial charge on any atom is -0.497 e. The Labute approximate surface area is 668 Å². The van der Waals surface area contributed by atoms with Crippen LogP contribution in [0.1, 0.15) is 456 Å². The number of methoxy groups -OCH3 is 2. The highest BCUT2D eigenvalue weighted by Crippen LogP contribution is 2.33. The van der Waals surface area contributed by atoms with E-state index >= 15 is 0 Å². The van der Waals surface area contributed by atoms with E-state index in [9.17, 15) is 4.79 Å². The third kappa shape index (κ3) is 48.6. The van der Waals surface area contributed by atoms with Gasteiger partial charge in [0.2, 0.25) is 17.8 Å². The average molecular weight is 1500 g/mol. The van der Waals surface area contributed by atoms with Crippen LogP contribution in [0.4, 0.5) is 17.8 Å². The number of amides is 1. The second kappa shape index (κ2) is 69.4. The number of hydrogen-bond donors (Lipinski definition) is 1. The van der Waals surface area contributed by atoms with Crippen LogP contribution in [0.25, 0.3) is 0 Å². The number of carbonyl (C=O) groups excluding carboxylic acids is 1. The number of nitrogens with two attached hydrogens (primary N) is 1. The second-order valence-electron chi connectivity index (χ2n) is 33.2. The van der Waals surface area contributed by atoms with Gasteiger partial charge in [-0.2, -0.15) is 15.0 Å². The summed E-state index contributed by atoms with van der Waals surface area (Å²) in [4.78, 5) is 40.2. The second-order valence-corrected chi connectivity index (χ2v) is 33.2. The normalized spacial score (nSPS) is 12.7. The lowest BCUT2D eigenvalue weighted by atomic mass is 9.98. The summed E-state index contributed by atoms with van der Waals surface area (Å²) in [5.41, 5.74) is 8.56. The molecule has 1 aromatic heterocycles. The van der Waals surface area contributed by atoms with Gasteiger partial charge in [-0.25, -0.2) is 0 Å². The van der Waals surface area contributed by atoms with Crippen molar-refractivity contribution in [3.63, 3.8) is 0 Å². The Morgan fingerprint density at radius 3 is 0.889 bits per heavy atom. The van der Waals surface area contributed by atoms with Crippen LogP contribution in [0.5, 0.6) is 17.2 Å². The maximum atomic E-state index is 14.0. The molecule has 3 aromatic rings. The minimum atomic E-state index is -0.403. The summed E-state index contributed by atoms with van der Waals surface area (Å²) >= 11 is 0. The molecule has 1 aliphatic heterocycles. The van der Waals surface area contributed by atoms with Crippen LogP contribution in [0.2, 0.25) is 0 Å². The van der Waals surface area contributed by atoms with Gasteiger partial charge >= 0.3 is 0 Å². The zero-order chi connectivity index (χ0) is 76.9. The molecular formula is C96H174N8O4. The van der Waals surface area contributed by atoms with Gasteiger partial charge in [0.15, 0.2) is 6.61 Å². The lowest BCUT2D eigenvalue weighted by Crippen LogP contribution is -2.50. The quantitative estimate of drug-likeness (QED) is 0.0544. The molecule has 0 aliphatic carbocycles. The molecule has 2 aromatic carbocycles. The predicted molar refractivity (Wildman–Crippen MR) is 469 cm³/mol. The predicted octanol–water partition coefficient (Wildman–Crippen LogP) is 28.3. The lowest BCUT2D eigenvalue weighted by molar-refractivity contribution is -0.133. The van der Waals surface area contributed by atoms with Gasteiger partial charge in [-0.1, -0.05) is 425 Å². The number of carbonyl (C=O) groups is 1. The molecule has 1 aliphatic rings. The monoisotopic (exact) mass is 1500 g/mol. The van der Waals surface area contributed by atoms with Gasteiger partial charge in [-0.15, -0.1) is 0 Å². The summed E-state index contributed by atoms with van der Waals surface area (Å²) in [5, 5.41) is 0. The van der Waals surface area contributed by atoms with Gasteiger partial charge in [-0.05, 0) is 55.5 Å². The van der Waals surface area contributed by atoms with E-state index in [1.807, 2.05) is 47.4 Å². The number of aromatic nitrogens is 3. The molecule has 0 saturated carbocycles. The van der Waals surface area contributed by atoms with E-state index in [1.165, 1.54) is 385 Å². The first-order valence-electron chi connectivity index (χ1n) is 47.3. The van der Waals surface area contributed by atoms with Crippen LogP contribution in [0.3, 0.4) is 0 Å². The Bertz CT molecular complexity index is 2310. The Morgan fingerprint density at radius 2 is 0.620 bits per heavy atom. The van der Waals surface area contributed by atoms with Crippen molar-refractivity contribution < 1.29 is 19.0 Å². The highest BCUT2D eigenvalue weighted by atomic mass is 16.5. The highest BCUT2D eigenvalue weighted by molar-refractivity contribution is 5.78. The van der Waals surface area contributed by atoms with Crippen molar-refractivity contribution in [1.29, 1.82) is 0 Å². The Hall–Kier alpha value is -4.32. The third-order valence-corrected chi connectivity index (χ3v) is 23.6. The van der Waals surface area contributed by atoms with E-state index in [-0.39, 0.29) is 12.5 Å². The molecule has 1 amide bonds. The fourth-order valence-corrected chi connectivity index (χ4v) is 16.2. The van der Waals surface area contributed by atoms with E-state index in [1.54, 1.807) is 14.2 Å². The molecule has 1 atom stereocenters. The number of anilines is 3. The zero-order valence-electron chi connectivity index (χ0n) is 72.1. The first-order valence-corrected chi connectivity index (χ1v) is 47.3. The van der Waals surface area contributed by atoms with E-state index < -0.39 is 6.04 Å². The van der Waals surface area contributed by atoms with Gasteiger partial charge < -0.3 is 39.5 Å². The van der Waals surface area contributed by atoms with Crippen LogP contribution in [0.15, 0.2) is 42.5 Å². The van der Waals surface area contributed by atoms with Crippen molar-refractivity contribution in [2.45, 2.75) is 445 Å². The van der Waals surface area contributed by atoms with E-state index in [0.29, 0.717) is 43.4 Å².